The zero-order chi connectivity index (χ0) is 19.6. The quantitative estimate of drug-likeness (QED) is 0.674. The average Bonchev–Trinajstić information content (AvgIpc) is 3.09. The Morgan fingerprint density at radius 2 is 1.89 bits per heavy atom. The summed E-state index contributed by atoms with van der Waals surface area (Å²) >= 11 is 7.05. The molecular formula is C17H14ClN3O4S2. The Morgan fingerprint density at radius 1 is 1.19 bits per heavy atom. The van der Waals surface area contributed by atoms with Gasteiger partial charge in [0.15, 0.2) is 15.7 Å². The number of methoxy groups -OCH3 is 1. The number of nitrogens with one attached hydrogen (secondary N) is 1. The number of anilines is 1. The van der Waals surface area contributed by atoms with Gasteiger partial charge in [-0.05, 0) is 42.5 Å². The highest BCUT2D eigenvalue weighted by atomic mass is 35.5. The molecule has 1 aromatic heterocycles. The van der Waals surface area contributed by atoms with Crippen molar-refractivity contribution in [3.63, 3.8) is 0 Å². The number of hydrogen-bond donors (Lipinski definition) is 1. The fraction of sp³-hybridized carbons (Fsp3) is 0.118. The highest BCUT2D eigenvalue weighted by Gasteiger charge is 2.14. The summed E-state index contributed by atoms with van der Waals surface area (Å²) in [6, 6.07) is 10.9. The van der Waals surface area contributed by atoms with E-state index < -0.39 is 9.84 Å². The molecule has 7 nitrogen and oxygen atoms in total. The predicted molar refractivity (Wildman–Crippen MR) is 104 cm³/mol. The van der Waals surface area contributed by atoms with Crippen LogP contribution in [0.1, 0.15) is 10.4 Å². The van der Waals surface area contributed by atoms with Gasteiger partial charge >= 0.3 is 0 Å². The molecule has 0 atom stereocenters. The minimum absolute atomic E-state index is 0.214. The van der Waals surface area contributed by atoms with Crippen LogP contribution in [0.15, 0.2) is 47.4 Å². The largest absolute Gasteiger partial charge is 0.495 e. The van der Waals surface area contributed by atoms with Crippen LogP contribution in [0.25, 0.3) is 11.4 Å². The number of sulfone groups is 1. The van der Waals surface area contributed by atoms with Gasteiger partial charge in [-0.25, -0.2) is 8.42 Å². The minimum Gasteiger partial charge on any atom is -0.495 e. The topological polar surface area (TPSA) is 98.2 Å². The minimum atomic E-state index is -3.27. The Morgan fingerprint density at radius 3 is 2.48 bits per heavy atom. The SMILES string of the molecule is COc1ccc(C(=O)Nc2nc(-c3ccc(S(C)(=O)=O)cc3)ns2)cc1Cl. The molecule has 0 aliphatic carbocycles. The van der Waals surface area contributed by atoms with E-state index in [9.17, 15) is 13.2 Å². The van der Waals surface area contributed by atoms with Gasteiger partial charge in [-0.15, -0.1) is 0 Å². The summed E-state index contributed by atoms with van der Waals surface area (Å²) in [5, 5.41) is 3.30. The van der Waals surface area contributed by atoms with E-state index in [0.717, 1.165) is 17.8 Å². The van der Waals surface area contributed by atoms with Crippen molar-refractivity contribution in [2.24, 2.45) is 0 Å². The number of rotatable bonds is 5. The number of nitrogens with zero attached hydrogens (tertiary/aromatic N) is 2. The first-order chi connectivity index (χ1) is 12.8. The zero-order valence-electron chi connectivity index (χ0n) is 14.3. The lowest BCUT2D eigenvalue weighted by Gasteiger charge is -2.05. The summed E-state index contributed by atoms with van der Waals surface area (Å²) in [7, 11) is -1.77. The number of aromatic nitrogens is 2. The molecule has 0 spiro atoms. The lowest BCUT2D eigenvalue weighted by atomic mass is 10.2. The number of ether oxygens (including phenoxy) is 1. The maximum Gasteiger partial charge on any atom is 0.257 e. The van der Waals surface area contributed by atoms with Gasteiger partial charge in [0.05, 0.1) is 17.0 Å². The molecule has 0 aliphatic heterocycles. The number of carbonyl (C=O) groups excluding carboxylic acids is 1. The van der Waals surface area contributed by atoms with Crippen LogP contribution in [0, 0.1) is 0 Å². The Labute approximate surface area is 165 Å². The second-order valence-corrected chi connectivity index (χ2v) is 8.70. The van der Waals surface area contributed by atoms with E-state index in [1.54, 1.807) is 24.3 Å². The first-order valence-corrected chi connectivity index (χ1v) is 10.6. The van der Waals surface area contributed by atoms with Crippen molar-refractivity contribution in [3.8, 4) is 17.1 Å². The van der Waals surface area contributed by atoms with Crippen LogP contribution in [-0.4, -0.2) is 37.0 Å². The molecule has 3 aromatic rings. The Hall–Kier alpha value is -2.49. The van der Waals surface area contributed by atoms with Gasteiger partial charge in [0, 0.05) is 28.9 Å². The van der Waals surface area contributed by atoms with Crippen LogP contribution >= 0.6 is 23.1 Å². The van der Waals surface area contributed by atoms with Crippen LogP contribution in [0.3, 0.4) is 0 Å². The second kappa shape index (κ2) is 7.63. The summed E-state index contributed by atoms with van der Waals surface area (Å²) in [5.74, 6) is 0.488. The second-order valence-electron chi connectivity index (χ2n) is 5.52. The van der Waals surface area contributed by atoms with Gasteiger partial charge < -0.3 is 4.74 Å². The molecule has 0 fully saturated rings. The van der Waals surface area contributed by atoms with Gasteiger partial charge in [-0.3, -0.25) is 10.1 Å². The number of amides is 1. The van der Waals surface area contributed by atoms with E-state index in [1.807, 2.05) is 0 Å². The molecule has 0 saturated carbocycles. The fourth-order valence-electron chi connectivity index (χ4n) is 2.22. The number of halogens is 1. The lowest BCUT2D eigenvalue weighted by Crippen LogP contribution is -2.11. The molecule has 1 N–H and O–H groups in total. The van der Waals surface area contributed by atoms with E-state index >= 15 is 0 Å². The highest BCUT2D eigenvalue weighted by molar-refractivity contribution is 7.90. The smallest absolute Gasteiger partial charge is 0.257 e. The summed E-state index contributed by atoms with van der Waals surface area (Å²) in [5.41, 5.74) is 1.00. The van der Waals surface area contributed by atoms with Gasteiger partial charge in [0.2, 0.25) is 5.13 Å². The van der Waals surface area contributed by atoms with Gasteiger partial charge in [-0.1, -0.05) is 11.6 Å². The van der Waals surface area contributed by atoms with Crippen molar-refractivity contribution in [1.82, 2.24) is 9.36 Å². The number of hydrogen-bond acceptors (Lipinski definition) is 7. The third-order valence-electron chi connectivity index (χ3n) is 3.60. The normalized spacial score (nSPS) is 11.2. The average molecular weight is 424 g/mol. The van der Waals surface area contributed by atoms with Crippen molar-refractivity contribution in [3.05, 3.63) is 53.1 Å². The maximum atomic E-state index is 12.3. The van der Waals surface area contributed by atoms with E-state index in [0.29, 0.717) is 32.9 Å². The van der Waals surface area contributed by atoms with Gasteiger partial charge in [0.1, 0.15) is 5.75 Å². The molecule has 2 aromatic carbocycles. The molecule has 1 heterocycles. The summed E-state index contributed by atoms with van der Waals surface area (Å²) < 4.78 is 32.3. The van der Waals surface area contributed by atoms with Crippen LogP contribution in [-0.2, 0) is 9.84 Å². The first kappa shape index (κ1) is 19.3. The lowest BCUT2D eigenvalue weighted by molar-refractivity contribution is 0.102. The fourth-order valence-corrected chi connectivity index (χ4v) is 3.69. The molecule has 140 valence electrons. The van der Waals surface area contributed by atoms with Gasteiger partial charge in [0.25, 0.3) is 5.91 Å². The first-order valence-electron chi connectivity index (χ1n) is 7.57. The standard InChI is InChI=1S/C17H14ClN3O4S2/c1-25-14-8-5-11(9-13(14)18)16(22)20-17-19-15(21-26-17)10-3-6-12(7-4-10)27(2,23)24/h3-9H,1-2H3,(H,19,20,21,22). The summed E-state index contributed by atoms with van der Waals surface area (Å²) in [6.45, 7) is 0. The molecule has 27 heavy (non-hydrogen) atoms. The van der Waals surface area contributed by atoms with E-state index in [1.165, 1.54) is 25.3 Å². The Kier molecular flexibility index (Phi) is 5.45. The summed E-state index contributed by atoms with van der Waals surface area (Å²) in [6.07, 6.45) is 1.14. The molecule has 0 aliphatic rings. The number of carbonyl (C=O) groups is 1. The third-order valence-corrected chi connectivity index (χ3v) is 5.66. The molecular weight excluding hydrogens is 410 g/mol. The molecule has 0 unspecified atom stereocenters. The van der Waals surface area contributed by atoms with Crippen molar-refractivity contribution in [1.29, 1.82) is 0 Å². The third kappa shape index (κ3) is 4.44. The van der Waals surface area contributed by atoms with Crippen molar-refractivity contribution >= 4 is 44.0 Å². The monoisotopic (exact) mass is 423 g/mol. The molecule has 3 rings (SSSR count). The maximum absolute atomic E-state index is 12.3. The van der Waals surface area contributed by atoms with Crippen LogP contribution < -0.4 is 10.1 Å². The summed E-state index contributed by atoms with van der Waals surface area (Å²) in [4.78, 5) is 16.8. The van der Waals surface area contributed by atoms with Gasteiger partial charge in [-0.2, -0.15) is 9.36 Å². The van der Waals surface area contributed by atoms with E-state index in [2.05, 4.69) is 14.7 Å². The molecule has 10 heteroatoms. The zero-order valence-corrected chi connectivity index (χ0v) is 16.7. The molecule has 1 amide bonds. The van der Waals surface area contributed by atoms with Crippen LogP contribution in [0.4, 0.5) is 5.13 Å². The van der Waals surface area contributed by atoms with Crippen molar-refractivity contribution in [2.45, 2.75) is 4.90 Å². The molecule has 0 bridgehead atoms. The highest BCUT2D eigenvalue weighted by Crippen LogP contribution is 2.26. The number of benzene rings is 2. The van der Waals surface area contributed by atoms with Crippen molar-refractivity contribution in [2.75, 3.05) is 18.7 Å². The predicted octanol–water partition coefficient (Wildman–Crippen LogP) is 3.52. The van der Waals surface area contributed by atoms with E-state index in [4.69, 9.17) is 16.3 Å². The van der Waals surface area contributed by atoms with Crippen LogP contribution in [0.5, 0.6) is 5.75 Å². The Balaban J connectivity index is 1.76. The molecule has 0 saturated heterocycles. The van der Waals surface area contributed by atoms with E-state index in [-0.39, 0.29) is 10.8 Å². The van der Waals surface area contributed by atoms with Crippen molar-refractivity contribution < 1.29 is 17.9 Å². The Bertz CT molecular complexity index is 1100. The molecule has 0 radical (unpaired) electrons. The van der Waals surface area contributed by atoms with Crippen LogP contribution in [0.2, 0.25) is 5.02 Å².